The molecule has 0 saturated carbocycles. The summed E-state index contributed by atoms with van der Waals surface area (Å²) in [7, 11) is 0. The molecule has 0 spiro atoms. The van der Waals surface area contributed by atoms with Crippen molar-refractivity contribution in [3.05, 3.63) is 0 Å². The molecule has 0 unspecified atom stereocenters. The van der Waals surface area contributed by atoms with Crippen LogP contribution in [0.1, 0.15) is 67.7 Å². The van der Waals surface area contributed by atoms with Gasteiger partial charge in [-0.1, -0.05) is 34.6 Å². The summed E-state index contributed by atoms with van der Waals surface area (Å²) in [6.45, 7) is 19.9. The van der Waals surface area contributed by atoms with Gasteiger partial charge in [-0.25, -0.2) is 0 Å². The molecule has 0 atom stereocenters. The highest BCUT2D eigenvalue weighted by atomic mass is 15.3. The van der Waals surface area contributed by atoms with Crippen molar-refractivity contribution in [3.63, 3.8) is 0 Å². The van der Waals surface area contributed by atoms with Gasteiger partial charge in [0.05, 0.1) is 0 Å². The Morgan fingerprint density at radius 3 is 2.11 bits per heavy atom. The van der Waals surface area contributed by atoms with Gasteiger partial charge >= 0.3 is 0 Å². The lowest BCUT2D eigenvalue weighted by Gasteiger charge is -2.53. The van der Waals surface area contributed by atoms with Gasteiger partial charge in [0.15, 0.2) is 0 Å². The molecule has 0 aromatic rings. The molecule has 1 heterocycles. The highest BCUT2D eigenvalue weighted by molar-refractivity contribution is 5.01. The van der Waals surface area contributed by atoms with Crippen molar-refractivity contribution in [1.29, 1.82) is 0 Å². The molecule has 18 heavy (non-hydrogen) atoms. The normalized spacial score (nSPS) is 24.2. The molecule has 1 saturated heterocycles. The minimum atomic E-state index is 0.256. The van der Waals surface area contributed by atoms with Crippen LogP contribution in [0.5, 0.6) is 0 Å². The Bertz CT molecular complexity index is 259. The lowest BCUT2D eigenvalue weighted by Crippen LogP contribution is -2.68. The molecular weight excluding hydrogens is 220 g/mol. The highest BCUT2D eigenvalue weighted by Crippen LogP contribution is 2.31. The first-order chi connectivity index (χ1) is 8.14. The molecule has 0 aromatic carbocycles. The monoisotopic (exact) mass is 254 g/mol. The fourth-order valence-electron chi connectivity index (χ4n) is 2.95. The summed E-state index contributed by atoms with van der Waals surface area (Å²) in [5, 5.41) is 3.74. The first-order valence-electron chi connectivity index (χ1n) is 7.64. The van der Waals surface area contributed by atoms with Gasteiger partial charge in [-0.2, -0.15) is 0 Å². The first kappa shape index (κ1) is 16.0. The molecule has 1 N–H and O–H groups in total. The van der Waals surface area contributed by atoms with Crippen LogP contribution in [0.2, 0.25) is 0 Å². The van der Waals surface area contributed by atoms with Crippen molar-refractivity contribution in [2.75, 3.05) is 19.6 Å². The zero-order valence-electron chi connectivity index (χ0n) is 13.7. The molecular formula is C16H34N2. The van der Waals surface area contributed by atoms with Crippen molar-refractivity contribution in [1.82, 2.24) is 10.2 Å². The van der Waals surface area contributed by atoms with E-state index in [2.05, 4.69) is 58.7 Å². The van der Waals surface area contributed by atoms with Crippen LogP contribution in [0.15, 0.2) is 0 Å². The van der Waals surface area contributed by atoms with E-state index in [1.54, 1.807) is 0 Å². The minimum absolute atomic E-state index is 0.256. The van der Waals surface area contributed by atoms with Crippen LogP contribution in [-0.2, 0) is 0 Å². The number of nitrogens with one attached hydrogen (secondary N) is 1. The van der Waals surface area contributed by atoms with Crippen LogP contribution in [0, 0.1) is 5.41 Å². The molecule has 0 amide bonds. The van der Waals surface area contributed by atoms with Gasteiger partial charge in [0.1, 0.15) is 0 Å². The second-order valence-corrected chi connectivity index (χ2v) is 7.90. The molecule has 2 heteroatoms. The van der Waals surface area contributed by atoms with E-state index < -0.39 is 0 Å². The smallest absolute Gasteiger partial charge is 0.0329 e. The van der Waals surface area contributed by atoms with Crippen molar-refractivity contribution in [2.45, 2.75) is 78.8 Å². The Labute approximate surface area is 115 Å². The standard InChI is InChI=1S/C16H34N2/c1-8-16(9-2)12-17-15(6,7)13-18(16)11-10-14(3,4)5/h17H,8-13H2,1-7H3. The van der Waals surface area contributed by atoms with Crippen LogP contribution in [0.25, 0.3) is 0 Å². The molecule has 1 aliphatic heterocycles. The maximum atomic E-state index is 3.74. The van der Waals surface area contributed by atoms with Gasteiger partial charge in [0.25, 0.3) is 0 Å². The molecule has 1 rings (SSSR count). The third-order valence-electron chi connectivity index (χ3n) is 4.60. The van der Waals surface area contributed by atoms with E-state index in [1.165, 1.54) is 32.4 Å². The lowest BCUT2D eigenvalue weighted by molar-refractivity contribution is 0.00223. The van der Waals surface area contributed by atoms with E-state index >= 15 is 0 Å². The predicted octanol–water partition coefficient (Wildman–Crippen LogP) is 3.67. The van der Waals surface area contributed by atoms with Crippen LogP contribution in [0.3, 0.4) is 0 Å². The maximum absolute atomic E-state index is 3.74. The quantitative estimate of drug-likeness (QED) is 0.823. The van der Waals surface area contributed by atoms with Gasteiger partial charge in [-0.3, -0.25) is 4.90 Å². The molecule has 2 nitrogen and oxygen atoms in total. The predicted molar refractivity (Wildman–Crippen MR) is 81.0 cm³/mol. The molecule has 0 aromatic heterocycles. The summed E-state index contributed by atoms with van der Waals surface area (Å²) < 4.78 is 0. The third kappa shape index (κ3) is 3.96. The fourth-order valence-corrected chi connectivity index (χ4v) is 2.95. The second-order valence-electron chi connectivity index (χ2n) is 7.90. The Kier molecular flexibility index (Phi) is 4.88. The molecule has 0 aliphatic carbocycles. The highest BCUT2D eigenvalue weighted by Gasteiger charge is 2.41. The van der Waals surface area contributed by atoms with Crippen molar-refractivity contribution in [2.24, 2.45) is 5.41 Å². The van der Waals surface area contributed by atoms with E-state index in [1.807, 2.05) is 0 Å². The molecule has 0 radical (unpaired) electrons. The van der Waals surface area contributed by atoms with E-state index in [0.29, 0.717) is 11.0 Å². The maximum Gasteiger partial charge on any atom is 0.0329 e. The van der Waals surface area contributed by atoms with Crippen LogP contribution < -0.4 is 5.32 Å². The summed E-state index contributed by atoms with van der Waals surface area (Å²) in [6, 6.07) is 0. The minimum Gasteiger partial charge on any atom is -0.309 e. The summed E-state index contributed by atoms with van der Waals surface area (Å²) in [5.74, 6) is 0. The van der Waals surface area contributed by atoms with E-state index in [-0.39, 0.29) is 5.54 Å². The zero-order valence-corrected chi connectivity index (χ0v) is 13.7. The fraction of sp³-hybridized carbons (Fsp3) is 1.00. The van der Waals surface area contributed by atoms with Gasteiger partial charge in [0, 0.05) is 24.2 Å². The largest absolute Gasteiger partial charge is 0.309 e. The van der Waals surface area contributed by atoms with Crippen molar-refractivity contribution < 1.29 is 0 Å². The van der Waals surface area contributed by atoms with E-state index in [4.69, 9.17) is 0 Å². The summed E-state index contributed by atoms with van der Waals surface area (Å²) >= 11 is 0. The van der Waals surface area contributed by atoms with Gasteiger partial charge in [0.2, 0.25) is 0 Å². The Morgan fingerprint density at radius 2 is 1.67 bits per heavy atom. The number of nitrogens with zero attached hydrogens (tertiary/aromatic N) is 1. The molecule has 108 valence electrons. The van der Waals surface area contributed by atoms with Crippen LogP contribution in [0.4, 0.5) is 0 Å². The van der Waals surface area contributed by atoms with E-state index in [0.717, 1.165) is 6.54 Å². The number of piperazine rings is 1. The average molecular weight is 254 g/mol. The van der Waals surface area contributed by atoms with E-state index in [9.17, 15) is 0 Å². The molecule has 1 aliphatic rings. The topological polar surface area (TPSA) is 15.3 Å². The summed E-state index contributed by atoms with van der Waals surface area (Å²) in [4.78, 5) is 2.76. The second kappa shape index (κ2) is 5.50. The van der Waals surface area contributed by atoms with Crippen LogP contribution in [-0.4, -0.2) is 35.6 Å². The molecule has 0 bridgehead atoms. The SMILES string of the molecule is CCC1(CC)CNC(C)(C)CN1CCC(C)(C)C. The van der Waals surface area contributed by atoms with Crippen molar-refractivity contribution >= 4 is 0 Å². The Balaban J connectivity index is 2.78. The average Bonchev–Trinajstić information content (AvgIpc) is 2.25. The van der Waals surface area contributed by atoms with Crippen LogP contribution >= 0.6 is 0 Å². The number of rotatable bonds is 4. The van der Waals surface area contributed by atoms with Gasteiger partial charge in [-0.05, 0) is 45.1 Å². The van der Waals surface area contributed by atoms with Crippen molar-refractivity contribution in [3.8, 4) is 0 Å². The molecule has 1 fully saturated rings. The zero-order chi connectivity index (χ0) is 14.0. The van der Waals surface area contributed by atoms with Gasteiger partial charge < -0.3 is 5.32 Å². The summed E-state index contributed by atoms with van der Waals surface area (Å²) in [5.41, 5.74) is 1.06. The first-order valence-corrected chi connectivity index (χ1v) is 7.64. The number of hydrogen-bond acceptors (Lipinski definition) is 2. The van der Waals surface area contributed by atoms with Gasteiger partial charge in [-0.15, -0.1) is 0 Å². The summed E-state index contributed by atoms with van der Waals surface area (Å²) in [6.07, 6.45) is 3.78. The Morgan fingerprint density at radius 1 is 1.11 bits per heavy atom. The number of hydrogen-bond donors (Lipinski definition) is 1. The Hall–Kier alpha value is -0.0800. The lowest BCUT2D eigenvalue weighted by atomic mass is 9.82. The third-order valence-corrected chi connectivity index (χ3v) is 4.60.